The van der Waals surface area contributed by atoms with Crippen LogP contribution in [0.3, 0.4) is 0 Å². The van der Waals surface area contributed by atoms with Crippen molar-refractivity contribution in [2.75, 3.05) is 38.7 Å². The van der Waals surface area contributed by atoms with Gasteiger partial charge in [0.05, 0.1) is 18.9 Å². The van der Waals surface area contributed by atoms with E-state index >= 15 is 0 Å². The fraction of sp³-hybridized carbons (Fsp3) is 0.562. The smallest absolute Gasteiger partial charge is 0.225 e. The maximum Gasteiger partial charge on any atom is 0.225 e. The Bertz CT molecular complexity index is 510. The third kappa shape index (κ3) is 5.16. The van der Waals surface area contributed by atoms with Crippen LogP contribution in [0.4, 0.5) is 5.69 Å². The minimum absolute atomic E-state index is 0.0432. The summed E-state index contributed by atoms with van der Waals surface area (Å²) in [4.78, 5) is 14.4. The SMILES string of the molecule is COc1ccc(Cl)cc1NC(=O)CCN1CCCO[C@H](C)C1. The average molecular weight is 327 g/mol. The van der Waals surface area contributed by atoms with Crippen molar-refractivity contribution in [2.45, 2.75) is 25.9 Å². The van der Waals surface area contributed by atoms with E-state index < -0.39 is 0 Å². The van der Waals surface area contributed by atoms with Crippen molar-refractivity contribution in [1.82, 2.24) is 4.90 Å². The molecule has 0 aliphatic carbocycles. The Morgan fingerprint density at radius 1 is 1.55 bits per heavy atom. The molecule has 0 saturated carbocycles. The maximum atomic E-state index is 12.1. The monoisotopic (exact) mass is 326 g/mol. The Morgan fingerprint density at radius 2 is 2.36 bits per heavy atom. The topological polar surface area (TPSA) is 50.8 Å². The largest absolute Gasteiger partial charge is 0.495 e. The molecule has 1 heterocycles. The number of benzene rings is 1. The first-order valence-electron chi connectivity index (χ1n) is 7.56. The van der Waals surface area contributed by atoms with Gasteiger partial charge in [-0.05, 0) is 31.5 Å². The molecule has 6 heteroatoms. The minimum atomic E-state index is -0.0432. The Morgan fingerprint density at radius 3 is 3.14 bits per heavy atom. The van der Waals surface area contributed by atoms with Gasteiger partial charge in [0, 0.05) is 37.7 Å². The Kier molecular flexibility index (Phi) is 6.49. The standard InChI is InChI=1S/C16H23ClN2O3/c1-12-11-19(7-3-9-22-12)8-6-16(20)18-14-10-13(17)4-5-15(14)21-2/h4-5,10,12H,3,6-9,11H2,1-2H3,(H,18,20)/t12-/m1/s1. The van der Waals surface area contributed by atoms with Crippen molar-refractivity contribution < 1.29 is 14.3 Å². The van der Waals surface area contributed by atoms with Gasteiger partial charge in [0.15, 0.2) is 0 Å². The number of carbonyl (C=O) groups is 1. The molecule has 1 aliphatic rings. The summed E-state index contributed by atoms with van der Waals surface area (Å²) in [6, 6.07) is 5.17. The van der Waals surface area contributed by atoms with Crippen LogP contribution in [0.1, 0.15) is 19.8 Å². The minimum Gasteiger partial charge on any atom is -0.495 e. The molecule has 1 amide bonds. The Labute approximate surface area is 136 Å². The lowest BCUT2D eigenvalue weighted by Gasteiger charge is -2.21. The summed E-state index contributed by atoms with van der Waals surface area (Å²) >= 11 is 5.96. The quantitative estimate of drug-likeness (QED) is 0.904. The molecular formula is C16H23ClN2O3. The first-order chi connectivity index (χ1) is 10.6. The maximum absolute atomic E-state index is 12.1. The van der Waals surface area contributed by atoms with Crippen molar-refractivity contribution in [3.05, 3.63) is 23.2 Å². The lowest BCUT2D eigenvalue weighted by atomic mass is 10.2. The van der Waals surface area contributed by atoms with Gasteiger partial charge in [-0.25, -0.2) is 0 Å². The van der Waals surface area contributed by atoms with Crippen LogP contribution in [0.2, 0.25) is 5.02 Å². The van der Waals surface area contributed by atoms with Gasteiger partial charge in [0.2, 0.25) is 5.91 Å². The van der Waals surface area contributed by atoms with Gasteiger partial charge in [0.25, 0.3) is 0 Å². The number of nitrogens with zero attached hydrogens (tertiary/aromatic N) is 1. The number of carbonyl (C=O) groups excluding carboxylic acids is 1. The van der Waals surface area contributed by atoms with Crippen LogP contribution in [-0.4, -0.2) is 50.3 Å². The fourth-order valence-corrected chi connectivity index (χ4v) is 2.71. The molecule has 5 nitrogen and oxygen atoms in total. The number of ether oxygens (including phenoxy) is 2. The number of methoxy groups -OCH3 is 1. The molecule has 1 N–H and O–H groups in total. The van der Waals surface area contributed by atoms with Crippen LogP contribution in [0, 0.1) is 0 Å². The van der Waals surface area contributed by atoms with Gasteiger partial charge >= 0.3 is 0 Å². The summed E-state index contributed by atoms with van der Waals surface area (Å²) < 4.78 is 10.8. The van der Waals surface area contributed by atoms with Gasteiger partial charge in [-0.1, -0.05) is 11.6 Å². The summed E-state index contributed by atoms with van der Waals surface area (Å²) in [6.45, 7) is 5.42. The first-order valence-corrected chi connectivity index (χ1v) is 7.93. The van der Waals surface area contributed by atoms with E-state index in [4.69, 9.17) is 21.1 Å². The van der Waals surface area contributed by atoms with E-state index in [0.29, 0.717) is 22.9 Å². The second kappa shape index (κ2) is 8.36. The summed E-state index contributed by atoms with van der Waals surface area (Å²) in [5.41, 5.74) is 0.604. The molecule has 1 saturated heterocycles. The molecule has 1 fully saturated rings. The number of hydrogen-bond acceptors (Lipinski definition) is 4. The van der Waals surface area contributed by atoms with E-state index in [9.17, 15) is 4.79 Å². The fourth-order valence-electron chi connectivity index (χ4n) is 2.53. The summed E-state index contributed by atoms with van der Waals surface area (Å²) in [7, 11) is 1.57. The molecule has 0 spiro atoms. The highest BCUT2D eigenvalue weighted by molar-refractivity contribution is 6.31. The second-order valence-electron chi connectivity index (χ2n) is 5.48. The molecule has 1 aromatic carbocycles. The first kappa shape index (κ1) is 17.1. The van der Waals surface area contributed by atoms with Crippen LogP contribution in [-0.2, 0) is 9.53 Å². The van der Waals surface area contributed by atoms with Gasteiger partial charge in [-0.15, -0.1) is 0 Å². The van der Waals surface area contributed by atoms with Crippen molar-refractivity contribution in [3.8, 4) is 5.75 Å². The molecule has 2 rings (SSSR count). The Hall–Kier alpha value is -1.30. The van der Waals surface area contributed by atoms with Gasteiger partial charge in [-0.2, -0.15) is 0 Å². The lowest BCUT2D eigenvalue weighted by Crippen LogP contribution is -2.33. The number of anilines is 1. The highest BCUT2D eigenvalue weighted by Gasteiger charge is 2.16. The molecule has 0 aromatic heterocycles. The van der Waals surface area contributed by atoms with Crippen LogP contribution < -0.4 is 10.1 Å². The normalized spacial score (nSPS) is 19.5. The van der Waals surface area contributed by atoms with E-state index in [1.165, 1.54) is 0 Å². The third-order valence-electron chi connectivity index (χ3n) is 3.63. The molecule has 0 bridgehead atoms. The highest BCUT2D eigenvalue weighted by atomic mass is 35.5. The molecule has 22 heavy (non-hydrogen) atoms. The predicted octanol–water partition coefficient (Wildman–Crippen LogP) is 2.79. The van der Waals surface area contributed by atoms with Crippen molar-refractivity contribution >= 4 is 23.2 Å². The molecule has 1 aliphatic heterocycles. The number of rotatable bonds is 5. The van der Waals surface area contributed by atoms with E-state index in [-0.39, 0.29) is 12.0 Å². The predicted molar refractivity (Wildman–Crippen MR) is 87.7 cm³/mol. The van der Waals surface area contributed by atoms with Crippen LogP contribution in [0.15, 0.2) is 18.2 Å². The molecule has 0 unspecified atom stereocenters. The summed E-state index contributed by atoms with van der Waals surface area (Å²) in [5.74, 6) is 0.563. The lowest BCUT2D eigenvalue weighted by molar-refractivity contribution is -0.116. The van der Waals surface area contributed by atoms with Crippen molar-refractivity contribution in [3.63, 3.8) is 0 Å². The van der Waals surface area contributed by atoms with Crippen LogP contribution in [0.5, 0.6) is 5.75 Å². The molecule has 0 radical (unpaired) electrons. The van der Waals surface area contributed by atoms with Crippen LogP contribution in [0.25, 0.3) is 0 Å². The zero-order valence-corrected chi connectivity index (χ0v) is 13.9. The van der Waals surface area contributed by atoms with Gasteiger partial charge in [0.1, 0.15) is 5.75 Å². The summed E-state index contributed by atoms with van der Waals surface area (Å²) in [6.07, 6.45) is 1.66. The van der Waals surface area contributed by atoms with E-state index in [0.717, 1.165) is 32.7 Å². The van der Waals surface area contributed by atoms with Gasteiger partial charge < -0.3 is 19.7 Å². The number of halogens is 1. The zero-order chi connectivity index (χ0) is 15.9. The molecular weight excluding hydrogens is 304 g/mol. The van der Waals surface area contributed by atoms with Crippen molar-refractivity contribution in [1.29, 1.82) is 0 Å². The molecule has 1 atom stereocenters. The average Bonchev–Trinajstić information content (AvgIpc) is 2.70. The van der Waals surface area contributed by atoms with E-state index in [2.05, 4.69) is 17.1 Å². The Balaban J connectivity index is 1.86. The molecule has 1 aromatic rings. The second-order valence-corrected chi connectivity index (χ2v) is 5.91. The highest BCUT2D eigenvalue weighted by Crippen LogP contribution is 2.27. The number of nitrogens with one attached hydrogen (secondary N) is 1. The number of amides is 1. The van der Waals surface area contributed by atoms with E-state index in [1.54, 1.807) is 25.3 Å². The number of hydrogen-bond donors (Lipinski definition) is 1. The zero-order valence-electron chi connectivity index (χ0n) is 13.1. The molecule has 122 valence electrons. The van der Waals surface area contributed by atoms with Crippen LogP contribution >= 0.6 is 11.6 Å². The summed E-state index contributed by atoms with van der Waals surface area (Å²) in [5, 5.41) is 3.43. The van der Waals surface area contributed by atoms with E-state index in [1.807, 2.05) is 0 Å². The third-order valence-corrected chi connectivity index (χ3v) is 3.86. The van der Waals surface area contributed by atoms with Gasteiger partial charge in [-0.3, -0.25) is 4.79 Å². The van der Waals surface area contributed by atoms with Crippen molar-refractivity contribution in [2.24, 2.45) is 0 Å².